The van der Waals surface area contributed by atoms with Crippen LogP contribution in [0.15, 0.2) is 18.2 Å². The lowest BCUT2D eigenvalue weighted by atomic mass is 9.87. The largest absolute Gasteiger partial charge is 0.481 e. The molecular formula is C20H27N3O4. The van der Waals surface area contributed by atoms with Crippen molar-refractivity contribution in [2.75, 3.05) is 13.1 Å². The Balaban J connectivity index is 1.63. The molecule has 3 rings (SSSR count). The first kappa shape index (κ1) is 19.2. The standard InChI is InChI=1S/C20H27N3O4/c1-12(2)15-6-5-13(3)16(11-15)27-14(4)17(24)23-9-7-20(8-10-23)18(25)21-19(26)22-20/h5-6,11-12,14H,7-10H2,1-4H3,(H2,21,22,25,26)/t14-/m0/s1. The number of nitrogens with zero attached hydrogens (tertiary/aromatic N) is 1. The molecule has 2 N–H and O–H groups in total. The first-order chi connectivity index (χ1) is 12.7. The maximum atomic E-state index is 12.8. The zero-order valence-electron chi connectivity index (χ0n) is 16.3. The predicted octanol–water partition coefficient (Wildman–Crippen LogP) is 2.09. The van der Waals surface area contributed by atoms with E-state index in [0.29, 0.717) is 31.8 Å². The molecule has 0 saturated carbocycles. The fourth-order valence-corrected chi connectivity index (χ4v) is 3.59. The molecule has 0 aromatic heterocycles. The summed E-state index contributed by atoms with van der Waals surface area (Å²) in [5, 5.41) is 4.98. The van der Waals surface area contributed by atoms with Crippen LogP contribution < -0.4 is 15.4 Å². The van der Waals surface area contributed by atoms with E-state index < -0.39 is 17.7 Å². The summed E-state index contributed by atoms with van der Waals surface area (Å²) < 4.78 is 5.97. The van der Waals surface area contributed by atoms with Crippen molar-refractivity contribution in [3.8, 4) is 5.75 Å². The first-order valence-corrected chi connectivity index (χ1v) is 9.41. The Morgan fingerprint density at radius 3 is 2.41 bits per heavy atom. The van der Waals surface area contributed by atoms with Gasteiger partial charge in [-0.2, -0.15) is 0 Å². The molecule has 7 nitrogen and oxygen atoms in total. The number of carbonyl (C=O) groups is 3. The lowest BCUT2D eigenvalue weighted by Gasteiger charge is -2.37. The average molecular weight is 373 g/mol. The van der Waals surface area contributed by atoms with E-state index in [4.69, 9.17) is 4.74 Å². The lowest BCUT2D eigenvalue weighted by molar-refractivity contribution is -0.141. The minimum Gasteiger partial charge on any atom is -0.481 e. The molecule has 7 heteroatoms. The fourth-order valence-electron chi connectivity index (χ4n) is 3.59. The summed E-state index contributed by atoms with van der Waals surface area (Å²) in [7, 11) is 0. The Morgan fingerprint density at radius 1 is 1.19 bits per heavy atom. The zero-order valence-corrected chi connectivity index (χ0v) is 16.3. The zero-order chi connectivity index (χ0) is 19.8. The minimum atomic E-state index is -0.875. The van der Waals surface area contributed by atoms with E-state index >= 15 is 0 Å². The normalized spacial score (nSPS) is 19.8. The molecule has 2 aliphatic heterocycles. The molecule has 0 aliphatic carbocycles. The van der Waals surface area contributed by atoms with E-state index in [-0.39, 0.29) is 11.8 Å². The maximum Gasteiger partial charge on any atom is 0.322 e. The number of piperidine rings is 1. The molecule has 1 spiro atoms. The summed E-state index contributed by atoms with van der Waals surface area (Å²) in [5.41, 5.74) is 1.28. The number of nitrogens with one attached hydrogen (secondary N) is 2. The topological polar surface area (TPSA) is 87.7 Å². The summed E-state index contributed by atoms with van der Waals surface area (Å²) in [5.74, 6) is 0.692. The average Bonchev–Trinajstić information content (AvgIpc) is 2.89. The van der Waals surface area contributed by atoms with E-state index in [1.807, 2.05) is 19.1 Å². The van der Waals surface area contributed by atoms with Gasteiger partial charge in [0, 0.05) is 13.1 Å². The van der Waals surface area contributed by atoms with Crippen molar-refractivity contribution < 1.29 is 19.1 Å². The first-order valence-electron chi connectivity index (χ1n) is 9.41. The molecule has 27 heavy (non-hydrogen) atoms. The number of likely N-dealkylation sites (tertiary alicyclic amines) is 1. The van der Waals surface area contributed by atoms with Crippen molar-refractivity contribution in [1.29, 1.82) is 0 Å². The van der Waals surface area contributed by atoms with E-state index in [1.165, 1.54) is 0 Å². The van der Waals surface area contributed by atoms with Crippen LogP contribution in [0.1, 0.15) is 50.7 Å². The summed E-state index contributed by atoms with van der Waals surface area (Å²) in [6.07, 6.45) is 0.197. The minimum absolute atomic E-state index is 0.107. The summed E-state index contributed by atoms with van der Waals surface area (Å²) in [6.45, 7) is 8.76. The van der Waals surface area contributed by atoms with Crippen LogP contribution in [0.25, 0.3) is 0 Å². The van der Waals surface area contributed by atoms with Crippen molar-refractivity contribution in [2.24, 2.45) is 0 Å². The fraction of sp³-hybridized carbons (Fsp3) is 0.550. The van der Waals surface area contributed by atoms with Crippen LogP contribution in [0.5, 0.6) is 5.75 Å². The van der Waals surface area contributed by atoms with E-state index in [2.05, 4.69) is 30.5 Å². The molecule has 1 aromatic carbocycles. The molecule has 2 heterocycles. The van der Waals surface area contributed by atoms with Gasteiger partial charge in [-0.05, 0) is 49.8 Å². The van der Waals surface area contributed by atoms with Crippen LogP contribution in [-0.4, -0.2) is 47.5 Å². The number of hydrogen-bond acceptors (Lipinski definition) is 4. The summed E-state index contributed by atoms with van der Waals surface area (Å²) in [6, 6.07) is 5.61. The van der Waals surface area contributed by atoms with Crippen molar-refractivity contribution in [1.82, 2.24) is 15.5 Å². The van der Waals surface area contributed by atoms with E-state index in [9.17, 15) is 14.4 Å². The maximum absolute atomic E-state index is 12.8. The molecule has 2 aliphatic rings. The number of rotatable bonds is 4. The van der Waals surface area contributed by atoms with Gasteiger partial charge < -0.3 is 15.0 Å². The van der Waals surface area contributed by atoms with Crippen molar-refractivity contribution in [2.45, 2.75) is 58.1 Å². The molecule has 2 saturated heterocycles. The Morgan fingerprint density at radius 2 is 1.85 bits per heavy atom. The van der Waals surface area contributed by atoms with Gasteiger partial charge in [0.2, 0.25) is 0 Å². The van der Waals surface area contributed by atoms with Crippen LogP contribution in [0.2, 0.25) is 0 Å². The number of urea groups is 1. The SMILES string of the molecule is Cc1ccc(C(C)C)cc1O[C@@H](C)C(=O)N1CCC2(CC1)NC(=O)NC2=O. The van der Waals surface area contributed by atoms with Crippen molar-refractivity contribution in [3.05, 3.63) is 29.3 Å². The molecule has 4 amide bonds. The smallest absolute Gasteiger partial charge is 0.322 e. The van der Waals surface area contributed by atoms with Gasteiger partial charge in [-0.15, -0.1) is 0 Å². The number of ether oxygens (including phenoxy) is 1. The number of hydrogen-bond donors (Lipinski definition) is 2. The molecule has 1 atom stereocenters. The predicted molar refractivity (Wildman–Crippen MR) is 101 cm³/mol. The Labute approximate surface area is 159 Å². The third-order valence-corrected chi connectivity index (χ3v) is 5.47. The highest BCUT2D eigenvalue weighted by molar-refractivity contribution is 6.07. The van der Waals surface area contributed by atoms with Crippen LogP contribution in [-0.2, 0) is 9.59 Å². The van der Waals surface area contributed by atoms with Gasteiger partial charge >= 0.3 is 6.03 Å². The monoisotopic (exact) mass is 373 g/mol. The van der Waals surface area contributed by atoms with Crippen molar-refractivity contribution >= 4 is 17.8 Å². The van der Waals surface area contributed by atoms with Crippen LogP contribution in [0.4, 0.5) is 4.79 Å². The highest BCUT2D eigenvalue weighted by Crippen LogP contribution is 2.28. The third kappa shape index (κ3) is 3.77. The summed E-state index contributed by atoms with van der Waals surface area (Å²) >= 11 is 0. The third-order valence-electron chi connectivity index (χ3n) is 5.47. The Bertz CT molecular complexity index is 766. The van der Waals surface area contributed by atoms with Crippen LogP contribution in [0, 0.1) is 6.92 Å². The molecule has 0 bridgehead atoms. The molecule has 2 fully saturated rings. The van der Waals surface area contributed by atoms with Gasteiger partial charge in [-0.1, -0.05) is 26.0 Å². The highest BCUT2D eigenvalue weighted by atomic mass is 16.5. The lowest BCUT2D eigenvalue weighted by Crippen LogP contribution is -2.57. The Hall–Kier alpha value is -2.57. The van der Waals surface area contributed by atoms with E-state index in [1.54, 1.807) is 11.8 Å². The molecule has 0 radical (unpaired) electrons. The van der Waals surface area contributed by atoms with Crippen LogP contribution >= 0.6 is 0 Å². The van der Waals surface area contributed by atoms with Crippen LogP contribution in [0.3, 0.4) is 0 Å². The number of imide groups is 1. The van der Waals surface area contributed by atoms with Gasteiger partial charge in [0.25, 0.3) is 11.8 Å². The molecule has 146 valence electrons. The molecule has 1 aromatic rings. The number of benzene rings is 1. The molecule has 0 unspecified atom stereocenters. The van der Waals surface area contributed by atoms with Gasteiger partial charge in [-0.3, -0.25) is 14.9 Å². The second kappa shape index (κ2) is 7.21. The second-order valence-corrected chi connectivity index (χ2v) is 7.76. The highest BCUT2D eigenvalue weighted by Gasteiger charge is 2.48. The molecular weight excluding hydrogens is 346 g/mol. The quantitative estimate of drug-likeness (QED) is 0.791. The number of amides is 4. The number of aryl methyl sites for hydroxylation is 1. The second-order valence-electron chi connectivity index (χ2n) is 7.76. The number of carbonyl (C=O) groups excluding carboxylic acids is 3. The van der Waals surface area contributed by atoms with Crippen molar-refractivity contribution in [3.63, 3.8) is 0 Å². The van der Waals surface area contributed by atoms with Gasteiger partial charge in [0.05, 0.1) is 0 Å². The summed E-state index contributed by atoms with van der Waals surface area (Å²) in [4.78, 5) is 37.9. The van der Waals surface area contributed by atoms with E-state index in [0.717, 1.165) is 16.9 Å². The van der Waals surface area contributed by atoms with Gasteiger partial charge in [0.15, 0.2) is 6.10 Å². The van der Waals surface area contributed by atoms with Gasteiger partial charge in [-0.25, -0.2) is 4.79 Å². The Kier molecular flexibility index (Phi) is 5.13. The van der Waals surface area contributed by atoms with Gasteiger partial charge in [0.1, 0.15) is 11.3 Å².